The average Bonchev–Trinajstić information content (AvgIpc) is 2.06. The normalized spacial score (nSPS) is 8.09. The van der Waals surface area contributed by atoms with E-state index in [1.807, 2.05) is 18.2 Å². The maximum absolute atomic E-state index is 10.4. The van der Waals surface area contributed by atoms with Gasteiger partial charge in [0.1, 0.15) is 0 Å². The predicted octanol–water partition coefficient (Wildman–Crippen LogP) is 1.87. The Hall–Kier alpha value is -1.55. The zero-order chi connectivity index (χ0) is 8.10. The third-order valence-corrected chi connectivity index (χ3v) is 1.35. The van der Waals surface area contributed by atoms with E-state index in [4.69, 9.17) is 0 Å². The topological polar surface area (TPSA) is 17.1 Å². The van der Waals surface area contributed by atoms with Gasteiger partial charge in [0.2, 0.25) is 0 Å². The minimum Gasteiger partial charge on any atom is -0.298 e. The van der Waals surface area contributed by atoms with Gasteiger partial charge in [-0.3, -0.25) is 4.79 Å². The zero-order valence-corrected chi connectivity index (χ0v) is 6.29. The molecule has 1 rings (SSSR count). The Balaban J connectivity index is 3.19. The predicted molar refractivity (Wildman–Crippen MR) is 44.4 cm³/mol. The summed E-state index contributed by atoms with van der Waals surface area (Å²) < 4.78 is 0. The van der Waals surface area contributed by atoms with Gasteiger partial charge in [-0.05, 0) is 13.0 Å². The molecular weight excluding hydrogens is 136 g/mol. The Morgan fingerprint density at radius 1 is 1.36 bits per heavy atom. The van der Waals surface area contributed by atoms with Crippen LogP contribution in [0.1, 0.15) is 22.8 Å². The van der Waals surface area contributed by atoms with Crippen molar-refractivity contribution in [3.05, 3.63) is 35.4 Å². The van der Waals surface area contributed by atoms with Crippen LogP contribution in [-0.2, 0) is 0 Å². The van der Waals surface area contributed by atoms with Crippen LogP contribution in [-0.4, -0.2) is 6.29 Å². The lowest BCUT2D eigenvalue weighted by molar-refractivity contribution is 0.112. The highest BCUT2D eigenvalue weighted by Crippen LogP contribution is 2.03. The molecule has 0 fully saturated rings. The van der Waals surface area contributed by atoms with Crippen LogP contribution in [0.25, 0.3) is 0 Å². The lowest BCUT2D eigenvalue weighted by atomic mass is 10.1. The highest BCUT2D eigenvalue weighted by Gasteiger charge is 1.93. The number of rotatable bonds is 1. The van der Waals surface area contributed by atoms with Crippen LogP contribution in [0.3, 0.4) is 0 Å². The fourth-order valence-corrected chi connectivity index (χ4v) is 0.848. The standard InChI is InChI=1S/C10H8O/c1-2-5-9-6-3-4-7-10(9)8-11/h3-4,6-8H,1H3. The molecule has 0 bridgehead atoms. The molecule has 0 atom stereocenters. The summed E-state index contributed by atoms with van der Waals surface area (Å²) in [6, 6.07) is 7.28. The van der Waals surface area contributed by atoms with Gasteiger partial charge < -0.3 is 0 Å². The van der Waals surface area contributed by atoms with Crippen LogP contribution in [0.5, 0.6) is 0 Å². The molecule has 0 radical (unpaired) electrons. The van der Waals surface area contributed by atoms with Crippen molar-refractivity contribution in [2.24, 2.45) is 0 Å². The van der Waals surface area contributed by atoms with Crippen LogP contribution in [0, 0.1) is 11.8 Å². The third-order valence-electron chi connectivity index (χ3n) is 1.35. The van der Waals surface area contributed by atoms with E-state index in [2.05, 4.69) is 11.8 Å². The summed E-state index contributed by atoms with van der Waals surface area (Å²) in [5.74, 6) is 5.60. The number of hydrogen-bond donors (Lipinski definition) is 0. The maximum atomic E-state index is 10.4. The van der Waals surface area contributed by atoms with Crippen molar-refractivity contribution in [1.82, 2.24) is 0 Å². The maximum Gasteiger partial charge on any atom is 0.151 e. The highest BCUT2D eigenvalue weighted by molar-refractivity contribution is 5.79. The molecule has 0 heterocycles. The number of carbonyl (C=O) groups excluding carboxylic acids is 1. The van der Waals surface area contributed by atoms with Crippen molar-refractivity contribution in [3.8, 4) is 11.8 Å². The van der Waals surface area contributed by atoms with Gasteiger partial charge >= 0.3 is 0 Å². The molecule has 1 heteroatoms. The number of aldehydes is 1. The first-order valence-corrected chi connectivity index (χ1v) is 3.35. The van der Waals surface area contributed by atoms with E-state index < -0.39 is 0 Å². The second kappa shape index (κ2) is 3.58. The van der Waals surface area contributed by atoms with Crippen LogP contribution in [0.4, 0.5) is 0 Å². The van der Waals surface area contributed by atoms with Gasteiger partial charge in [-0.15, -0.1) is 5.92 Å². The van der Waals surface area contributed by atoms with E-state index in [9.17, 15) is 4.79 Å². The van der Waals surface area contributed by atoms with Gasteiger partial charge in [0.05, 0.1) is 0 Å². The van der Waals surface area contributed by atoms with Gasteiger partial charge in [0, 0.05) is 11.1 Å². The molecule has 1 aromatic carbocycles. The largest absolute Gasteiger partial charge is 0.298 e. The lowest BCUT2D eigenvalue weighted by Crippen LogP contribution is -1.84. The second-order valence-electron chi connectivity index (χ2n) is 2.08. The van der Waals surface area contributed by atoms with Crippen molar-refractivity contribution in [1.29, 1.82) is 0 Å². The quantitative estimate of drug-likeness (QED) is 0.434. The van der Waals surface area contributed by atoms with Crippen molar-refractivity contribution < 1.29 is 4.79 Å². The van der Waals surface area contributed by atoms with Crippen LogP contribution >= 0.6 is 0 Å². The third kappa shape index (κ3) is 1.68. The molecule has 0 aromatic heterocycles. The average molecular weight is 144 g/mol. The molecular formula is C10H8O. The number of benzene rings is 1. The van der Waals surface area contributed by atoms with Crippen molar-refractivity contribution in [2.75, 3.05) is 0 Å². The Morgan fingerprint density at radius 2 is 2.09 bits per heavy atom. The molecule has 11 heavy (non-hydrogen) atoms. The monoisotopic (exact) mass is 144 g/mol. The Labute approximate surface area is 66.1 Å². The first-order valence-electron chi connectivity index (χ1n) is 3.35. The van der Waals surface area contributed by atoms with E-state index >= 15 is 0 Å². The van der Waals surface area contributed by atoms with Gasteiger partial charge in [-0.1, -0.05) is 24.1 Å². The summed E-state index contributed by atoms with van der Waals surface area (Å²) in [4.78, 5) is 10.4. The minimum atomic E-state index is 0.654. The fraction of sp³-hybridized carbons (Fsp3) is 0.100. The van der Waals surface area contributed by atoms with Crippen molar-refractivity contribution >= 4 is 6.29 Å². The van der Waals surface area contributed by atoms with Gasteiger partial charge in [0.25, 0.3) is 0 Å². The van der Waals surface area contributed by atoms with Gasteiger partial charge in [-0.25, -0.2) is 0 Å². The first-order chi connectivity index (χ1) is 5.38. The summed E-state index contributed by atoms with van der Waals surface area (Å²) >= 11 is 0. The van der Waals surface area contributed by atoms with Crippen LogP contribution in [0.2, 0.25) is 0 Å². The number of carbonyl (C=O) groups is 1. The summed E-state index contributed by atoms with van der Waals surface area (Å²) in [6.07, 6.45) is 0.819. The van der Waals surface area contributed by atoms with Gasteiger partial charge in [-0.2, -0.15) is 0 Å². The van der Waals surface area contributed by atoms with Crippen molar-refractivity contribution in [3.63, 3.8) is 0 Å². The van der Waals surface area contributed by atoms with Gasteiger partial charge in [0.15, 0.2) is 6.29 Å². The molecule has 0 unspecified atom stereocenters. The van der Waals surface area contributed by atoms with E-state index in [0.717, 1.165) is 11.8 Å². The van der Waals surface area contributed by atoms with E-state index in [1.165, 1.54) is 0 Å². The van der Waals surface area contributed by atoms with E-state index in [0.29, 0.717) is 5.56 Å². The summed E-state index contributed by atoms with van der Waals surface area (Å²) in [6.45, 7) is 1.75. The Bertz CT molecular complexity index is 315. The summed E-state index contributed by atoms with van der Waals surface area (Å²) in [7, 11) is 0. The molecule has 1 nitrogen and oxygen atoms in total. The molecule has 0 aliphatic heterocycles. The first kappa shape index (κ1) is 7.56. The Kier molecular flexibility index (Phi) is 2.46. The molecule has 0 aliphatic carbocycles. The molecule has 0 N–H and O–H groups in total. The number of hydrogen-bond acceptors (Lipinski definition) is 1. The van der Waals surface area contributed by atoms with Crippen molar-refractivity contribution in [2.45, 2.75) is 6.92 Å². The lowest BCUT2D eigenvalue weighted by Gasteiger charge is -1.92. The summed E-state index contributed by atoms with van der Waals surface area (Å²) in [5.41, 5.74) is 1.45. The van der Waals surface area contributed by atoms with E-state index in [1.54, 1.807) is 13.0 Å². The molecule has 0 spiro atoms. The molecule has 0 saturated carbocycles. The SMILES string of the molecule is CC#Cc1ccccc1C=O. The van der Waals surface area contributed by atoms with Crippen LogP contribution in [0.15, 0.2) is 24.3 Å². The molecule has 0 aliphatic rings. The molecule has 54 valence electrons. The second-order valence-corrected chi connectivity index (χ2v) is 2.08. The van der Waals surface area contributed by atoms with E-state index in [-0.39, 0.29) is 0 Å². The molecule has 0 amide bonds. The highest BCUT2D eigenvalue weighted by atomic mass is 16.1. The smallest absolute Gasteiger partial charge is 0.151 e. The summed E-state index contributed by atoms with van der Waals surface area (Å²) in [5, 5.41) is 0. The zero-order valence-electron chi connectivity index (χ0n) is 6.29. The molecule has 0 saturated heterocycles. The minimum absolute atomic E-state index is 0.654. The van der Waals surface area contributed by atoms with Crippen LogP contribution < -0.4 is 0 Å². The molecule has 1 aromatic rings. The Morgan fingerprint density at radius 3 is 2.73 bits per heavy atom. The fourth-order valence-electron chi connectivity index (χ4n) is 0.848.